The molecule has 0 bridgehead atoms. The first-order valence-corrected chi connectivity index (χ1v) is 5.54. The van der Waals surface area contributed by atoms with Crippen LogP contribution in [0.5, 0.6) is 0 Å². The van der Waals surface area contributed by atoms with Gasteiger partial charge in [-0.1, -0.05) is 13.8 Å². The molecule has 1 heterocycles. The van der Waals surface area contributed by atoms with E-state index in [0.717, 1.165) is 13.1 Å². The van der Waals surface area contributed by atoms with E-state index in [4.69, 9.17) is 0 Å². The molecule has 0 aromatic carbocycles. The number of aryl methyl sites for hydroxylation is 1. The third-order valence-corrected chi connectivity index (χ3v) is 2.77. The molecule has 0 saturated heterocycles. The maximum absolute atomic E-state index is 3.45. The molecule has 2 nitrogen and oxygen atoms in total. The van der Waals surface area contributed by atoms with E-state index < -0.39 is 0 Å². The Morgan fingerprint density at radius 3 is 2.21 bits per heavy atom. The van der Waals surface area contributed by atoms with Gasteiger partial charge in [-0.3, -0.25) is 0 Å². The van der Waals surface area contributed by atoms with Crippen molar-refractivity contribution in [3.8, 4) is 0 Å². The highest BCUT2D eigenvalue weighted by atomic mass is 15.2. The molecular weight excluding hydrogens is 172 g/mol. The van der Waals surface area contributed by atoms with Crippen LogP contribution in [0.3, 0.4) is 0 Å². The minimum atomic E-state index is 0.607. The van der Waals surface area contributed by atoms with Gasteiger partial charge in [0, 0.05) is 18.8 Å². The van der Waals surface area contributed by atoms with Crippen molar-refractivity contribution in [1.29, 1.82) is 0 Å². The summed E-state index contributed by atoms with van der Waals surface area (Å²) in [5, 5.41) is 0. The normalized spacial score (nSPS) is 11.0. The summed E-state index contributed by atoms with van der Waals surface area (Å²) in [6, 6.07) is 2.28. The van der Waals surface area contributed by atoms with Gasteiger partial charge in [0.05, 0.1) is 0 Å². The fourth-order valence-electron chi connectivity index (χ4n) is 1.89. The fourth-order valence-corrected chi connectivity index (χ4v) is 1.89. The highest BCUT2D eigenvalue weighted by Gasteiger charge is 2.10. The monoisotopic (exact) mass is 194 g/mol. The molecule has 0 aliphatic rings. The number of nitrogens with zero attached hydrogens (tertiary/aromatic N) is 1. The first-order chi connectivity index (χ1) is 6.60. The van der Waals surface area contributed by atoms with E-state index in [0.29, 0.717) is 5.92 Å². The highest BCUT2D eigenvalue weighted by Crippen LogP contribution is 2.24. The molecule has 80 valence electrons. The standard InChI is InChI=1S/C12H22N2/c1-6-14(7-2)12-8-11(9(3)4)10(5)13-12/h8-9,13H,6-7H2,1-5H3. The zero-order valence-electron chi connectivity index (χ0n) is 10.0. The average Bonchev–Trinajstić information content (AvgIpc) is 2.50. The van der Waals surface area contributed by atoms with Crippen LogP contribution >= 0.6 is 0 Å². The maximum atomic E-state index is 3.45. The minimum absolute atomic E-state index is 0.607. The van der Waals surface area contributed by atoms with Gasteiger partial charge >= 0.3 is 0 Å². The van der Waals surface area contributed by atoms with Crippen molar-refractivity contribution >= 4 is 5.82 Å². The molecule has 0 amide bonds. The second-order valence-electron chi connectivity index (χ2n) is 4.06. The number of aromatic amines is 1. The largest absolute Gasteiger partial charge is 0.359 e. The lowest BCUT2D eigenvalue weighted by molar-refractivity contribution is 0.849. The first-order valence-electron chi connectivity index (χ1n) is 5.54. The van der Waals surface area contributed by atoms with Gasteiger partial charge in [0.2, 0.25) is 0 Å². The maximum Gasteiger partial charge on any atom is 0.106 e. The predicted molar refractivity (Wildman–Crippen MR) is 63.2 cm³/mol. The fraction of sp³-hybridized carbons (Fsp3) is 0.667. The molecule has 14 heavy (non-hydrogen) atoms. The van der Waals surface area contributed by atoms with Gasteiger partial charge in [0.1, 0.15) is 5.82 Å². The summed E-state index contributed by atoms with van der Waals surface area (Å²) in [5.41, 5.74) is 2.74. The van der Waals surface area contributed by atoms with Crippen molar-refractivity contribution in [3.63, 3.8) is 0 Å². The van der Waals surface area contributed by atoms with Crippen molar-refractivity contribution in [1.82, 2.24) is 4.98 Å². The van der Waals surface area contributed by atoms with Gasteiger partial charge in [-0.15, -0.1) is 0 Å². The Balaban J connectivity index is 2.95. The molecule has 0 aliphatic carbocycles. The van der Waals surface area contributed by atoms with Gasteiger partial charge in [0.15, 0.2) is 0 Å². The molecule has 0 saturated carbocycles. The number of H-pyrrole nitrogens is 1. The number of hydrogen-bond donors (Lipinski definition) is 1. The molecule has 0 fully saturated rings. The molecule has 1 aromatic heterocycles. The van der Waals surface area contributed by atoms with Crippen LogP contribution in [0.25, 0.3) is 0 Å². The molecule has 1 aromatic rings. The Labute approximate surface area is 87.3 Å². The topological polar surface area (TPSA) is 19.0 Å². The van der Waals surface area contributed by atoms with E-state index in [1.165, 1.54) is 17.1 Å². The van der Waals surface area contributed by atoms with E-state index in [1.54, 1.807) is 0 Å². The van der Waals surface area contributed by atoms with E-state index in [9.17, 15) is 0 Å². The highest BCUT2D eigenvalue weighted by molar-refractivity contribution is 5.46. The lowest BCUT2D eigenvalue weighted by Crippen LogP contribution is -2.21. The molecule has 0 unspecified atom stereocenters. The summed E-state index contributed by atoms with van der Waals surface area (Å²) in [5.74, 6) is 1.87. The average molecular weight is 194 g/mol. The molecule has 1 rings (SSSR count). The molecule has 2 heteroatoms. The van der Waals surface area contributed by atoms with Crippen LogP contribution < -0.4 is 4.90 Å². The summed E-state index contributed by atoms with van der Waals surface area (Å²) in [7, 11) is 0. The van der Waals surface area contributed by atoms with Crippen molar-refractivity contribution in [3.05, 3.63) is 17.3 Å². The van der Waals surface area contributed by atoms with E-state index >= 15 is 0 Å². The number of hydrogen-bond acceptors (Lipinski definition) is 1. The molecule has 0 spiro atoms. The molecule has 0 radical (unpaired) electrons. The third-order valence-electron chi connectivity index (χ3n) is 2.77. The SMILES string of the molecule is CCN(CC)c1cc(C(C)C)c(C)[nH]1. The zero-order chi connectivity index (χ0) is 10.7. The smallest absolute Gasteiger partial charge is 0.106 e. The Hall–Kier alpha value is -0.920. The van der Waals surface area contributed by atoms with Gasteiger partial charge in [0.25, 0.3) is 0 Å². The van der Waals surface area contributed by atoms with Crippen LogP contribution in [-0.2, 0) is 0 Å². The number of nitrogens with one attached hydrogen (secondary N) is 1. The number of aromatic nitrogens is 1. The van der Waals surface area contributed by atoms with Gasteiger partial charge in [-0.2, -0.15) is 0 Å². The first kappa shape index (κ1) is 11.2. The second kappa shape index (κ2) is 4.54. The molecule has 0 atom stereocenters. The number of rotatable bonds is 4. The van der Waals surface area contributed by atoms with Crippen molar-refractivity contribution in [2.45, 2.75) is 40.5 Å². The summed E-state index contributed by atoms with van der Waals surface area (Å²) in [6.07, 6.45) is 0. The molecular formula is C12H22N2. The predicted octanol–water partition coefficient (Wildman–Crippen LogP) is 3.29. The zero-order valence-corrected chi connectivity index (χ0v) is 10.0. The van der Waals surface area contributed by atoms with Crippen LogP contribution in [-0.4, -0.2) is 18.1 Å². The van der Waals surface area contributed by atoms with E-state index in [2.05, 4.69) is 50.6 Å². The third kappa shape index (κ3) is 2.11. The van der Waals surface area contributed by atoms with Crippen LogP contribution in [0.1, 0.15) is 44.9 Å². The Bertz CT molecular complexity index is 283. The van der Waals surface area contributed by atoms with E-state index in [-0.39, 0.29) is 0 Å². The van der Waals surface area contributed by atoms with Crippen molar-refractivity contribution < 1.29 is 0 Å². The number of anilines is 1. The lowest BCUT2D eigenvalue weighted by Gasteiger charge is -2.18. The minimum Gasteiger partial charge on any atom is -0.359 e. The molecule has 0 aliphatic heterocycles. The quantitative estimate of drug-likeness (QED) is 0.779. The Morgan fingerprint density at radius 2 is 1.86 bits per heavy atom. The van der Waals surface area contributed by atoms with Crippen molar-refractivity contribution in [2.75, 3.05) is 18.0 Å². The van der Waals surface area contributed by atoms with Crippen LogP contribution in [0.4, 0.5) is 5.82 Å². The summed E-state index contributed by atoms with van der Waals surface area (Å²) in [6.45, 7) is 13.1. The van der Waals surface area contributed by atoms with Gasteiger partial charge in [-0.25, -0.2) is 0 Å². The second-order valence-corrected chi connectivity index (χ2v) is 4.06. The van der Waals surface area contributed by atoms with Crippen molar-refractivity contribution in [2.24, 2.45) is 0 Å². The van der Waals surface area contributed by atoms with Crippen LogP contribution in [0.2, 0.25) is 0 Å². The van der Waals surface area contributed by atoms with Crippen LogP contribution in [0.15, 0.2) is 6.07 Å². The summed E-state index contributed by atoms with van der Waals surface area (Å²) < 4.78 is 0. The summed E-state index contributed by atoms with van der Waals surface area (Å²) in [4.78, 5) is 5.80. The van der Waals surface area contributed by atoms with Gasteiger partial charge < -0.3 is 9.88 Å². The Morgan fingerprint density at radius 1 is 1.29 bits per heavy atom. The lowest BCUT2D eigenvalue weighted by atomic mass is 10.0. The van der Waals surface area contributed by atoms with E-state index in [1.807, 2.05) is 0 Å². The Kier molecular flexibility index (Phi) is 3.62. The summed E-state index contributed by atoms with van der Waals surface area (Å²) >= 11 is 0. The van der Waals surface area contributed by atoms with Gasteiger partial charge in [-0.05, 0) is 38.3 Å². The van der Waals surface area contributed by atoms with Crippen LogP contribution in [0, 0.1) is 6.92 Å². The molecule has 1 N–H and O–H groups in total.